The van der Waals surface area contributed by atoms with Crippen molar-refractivity contribution in [2.75, 3.05) is 5.88 Å². The molecule has 0 bridgehead atoms. The van der Waals surface area contributed by atoms with Crippen LogP contribution in [0.4, 0.5) is 0 Å². The molecule has 0 aromatic rings. The lowest BCUT2D eigenvalue weighted by Crippen LogP contribution is -2.47. The van der Waals surface area contributed by atoms with Gasteiger partial charge in [0.15, 0.2) is 6.04 Å². The van der Waals surface area contributed by atoms with E-state index in [1.165, 1.54) is 0 Å². The number of imide groups is 1. The van der Waals surface area contributed by atoms with Gasteiger partial charge in [0, 0.05) is 13.8 Å². The van der Waals surface area contributed by atoms with Crippen molar-refractivity contribution in [2.24, 2.45) is 0 Å². The van der Waals surface area contributed by atoms with Gasteiger partial charge >= 0.3 is 5.97 Å². The Balaban J connectivity index is 4.80. The molecule has 0 heterocycles. The molecule has 0 spiro atoms. The van der Waals surface area contributed by atoms with Crippen molar-refractivity contribution in [1.82, 2.24) is 4.90 Å². The monoisotopic (exact) mass is 207 g/mol. The van der Waals surface area contributed by atoms with Gasteiger partial charge in [0.2, 0.25) is 11.8 Å². The van der Waals surface area contributed by atoms with Crippen LogP contribution in [0, 0.1) is 0 Å². The van der Waals surface area contributed by atoms with Crippen molar-refractivity contribution in [2.45, 2.75) is 19.9 Å². The van der Waals surface area contributed by atoms with E-state index in [0.717, 1.165) is 13.8 Å². The molecule has 13 heavy (non-hydrogen) atoms. The van der Waals surface area contributed by atoms with Gasteiger partial charge in [0.05, 0.1) is 5.88 Å². The Morgan fingerprint density at radius 3 is 1.77 bits per heavy atom. The fourth-order valence-corrected chi connectivity index (χ4v) is 1.18. The average molecular weight is 208 g/mol. The topological polar surface area (TPSA) is 74.7 Å². The van der Waals surface area contributed by atoms with Crippen LogP contribution in [-0.2, 0) is 14.4 Å². The largest absolute Gasteiger partial charge is 0.480 e. The van der Waals surface area contributed by atoms with Crippen LogP contribution in [0.15, 0.2) is 0 Å². The third-order valence-electron chi connectivity index (χ3n) is 1.42. The van der Waals surface area contributed by atoms with E-state index >= 15 is 0 Å². The Morgan fingerprint density at radius 2 is 1.69 bits per heavy atom. The number of nitrogens with zero attached hydrogens (tertiary/aromatic N) is 1. The van der Waals surface area contributed by atoms with Gasteiger partial charge in [-0.3, -0.25) is 14.5 Å². The number of aliphatic carboxylic acids is 1. The molecule has 0 saturated carbocycles. The molecular weight excluding hydrogens is 198 g/mol. The van der Waals surface area contributed by atoms with E-state index in [0.29, 0.717) is 4.90 Å². The van der Waals surface area contributed by atoms with E-state index < -0.39 is 23.8 Å². The van der Waals surface area contributed by atoms with Crippen LogP contribution < -0.4 is 0 Å². The normalized spacial score (nSPS) is 11.9. The van der Waals surface area contributed by atoms with Crippen molar-refractivity contribution in [3.05, 3.63) is 0 Å². The zero-order chi connectivity index (χ0) is 10.6. The van der Waals surface area contributed by atoms with Crippen LogP contribution in [0.1, 0.15) is 13.8 Å². The fraction of sp³-hybridized carbons (Fsp3) is 0.571. The first kappa shape index (κ1) is 11.9. The van der Waals surface area contributed by atoms with Gasteiger partial charge < -0.3 is 5.11 Å². The molecule has 2 amide bonds. The zero-order valence-electron chi connectivity index (χ0n) is 7.28. The molecule has 74 valence electrons. The number of carbonyl (C=O) groups is 3. The molecule has 0 aliphatic carbocycles. The standard InChI is InChI=1S/C7H10ClNO4/c1-4(10)9(5(2)11)6(3-8)7(12)13/h6H,3H2,1-2H3,(H,12,13). The van der Waals surface area contributed by atoms with E-state index in [-0.39, 0.29) is 5.88 Å². The number of carboxylic acids is 1. The van der Waals surface area contributed by atoms with Crippen molar-refractivity contribution >= 4 is 29.4 Å². The molecule has 1 unspecified atom stereocenters. The molecule has 1 N–H and O–H groups in total. The second-order valence-corrected chi connectivity index (χ2v) is 2.72. The summed E-state index contributed by atoms with van der Waals surface area (Å²) >= 11 is 5.32. The summed E-state index contributed by atoms with van der Waals surface area (Å²) in [6, 6.07) is -1.28. The second-order valence-electron chi connectivity index (χ2n) is 2.42. The number of carboxylic acid groups (broad SMARTS) is 1. The summed E-state index contributed by atoms with van der Waals surface area (Å²) in [4.78, 5) is 32.9. The molecule has 0 fully saturated rings. The van der Waals surface area contributed by atoms with E-state index in [4.69, 9.17) is 16.7 Å². The average Bonchev–Trinajstić information content (AvgIpc) is 1.97. The maximum atomic E-state index is 10.9. The smallest absolute Gasteiger partial charge is 0.328 e. The number of alkyl halides is 1. The summed E-state index contributed by atoms with van der Waals surface area (Å²) in [5.74, 6) is -2.85. The predicted molar refractivity (Wildman–Crippen MR) is 45.3 cm³/mol. The summed E-state index contributed by atoms with van der Waals surface area (Å²) in [6.07, 6.45) is 0. The first-order chi connectivity index (χ1) is 5.91. The quantitative estimate of drug-likeness (QED) is 0.665. The number of rotatable bonds is 3. The van der Waals surface area contributed by atoms with E-state index in [9.17, 15) is 14.4 Å². The number of carbonyl (C=O) groups excluding carboxylic acids is 2. The van der Waals surface area contributed by atoms with Crippen LogP contribution >= 0.6 is 11.6 Å². The Kier molecular flexibility index (Phi) is 4.40. The molecule has 0 aliphatic rings. The third kappa shape index (κ3) is 3.02. The van der Waals surface area contributed by atoms with Gasteiger partial charge in [-0.1, -0.05) is 0 Å². The molecule has 0 aromatic heterocycles. The van der Waals surface area contributed by atoms with Gasteiger partial charge in [-0.15, -0.1) is 11.6 Å². The zero-order valence-corrected chi connectivity index (χ0v) is 8.04. The number of halogens is 1. The Morgan fingerprint density at radius 1 is 1.31 bits per heavy atom. The maximum Gasteiger partial charge on any atom is 0.328 e. The van der Waals surface area contributed by atoms with Crippen LogP contribution in [0.2, 0.25) is 0 Å². The molecule has 1 atom stereocenters. The minimum Gasteiger partial charge on any atom is -0.480 e. The number of amides is 2. The van der Waals surface area contributed by atoms with Crippen molar-refractivity contribution < 1.29 is 19.5 Å². The predicted octanol–water partition coefficient (Wildman–Crippen LogP) is 0.0734. The van der Waals surface area contributed by atoms with Crippen LogP contribution in [-0.4, -0.2) is 39.7 Å². The molecule has 0 saturated heterocycles. The molecule has 0 aliphatic heterocycles. The lowest BCUT2D eigenvalue weighted by molar-refractivity contribution is -0.155. The Labute approximate surface area is 80.3 Å². The first-order valence-electron chi connectivity index (χ1n) is 3.51. The SMILES string of the molecule is CC(=O)N(C(C)=O)C(CCl)C(=O)O. The van der Waals surface area contributed by atoms with Gasteiger partial charge in [0.25, 0.3) is 0 Å². The van der Waals surface area contributed by atoms with Gasteiger partial charge in [0.1, 0.15) is 0 Å². The third-order valence-corrected chi connectivity index (χ3v) is 1.71. The van der Waals surface area contributed by atoms with Gasteiger partial charge in [-0.05, 0) is 0 Å². The lowest BCUT2D eigenvalue weighted by Gasteiger charge is -2.22. The van der Waals surface area contributed by atoms with Crippen molar-refractivity contribution in [1.29, 1.82) is 0 Å². The minimum atomic E-state index is -1.29. The molecular formula is C7H10ClNO4. The number of hydrogen-bond donors (Lipinski definition) is 1. The second kappa shape index (κ2) is 4.81. The van der Waals surface area contributed by atoms with Crippen molar-refractivity contribution in [3.63, 3.8) is 0 Å². The summed E-state index contributed by atoms with van der Waals surface area (Å²) < 4.78 is 0. The highest BCUT2D eigenvalue weighted by Crippen LogP contribution is 2.03. The molecule has 0 aromatic carbocycles. The molecule has 0 radical (unpaired) electrons. The van der Waals surface area contributed by atoms with Crippen LogP contribution in [0.5, 0.6) is 0 Å². The van der Waals surface area contributed by atoms with Crippen LogP contribution in [0.3, 0.4) is 0 Å². The molecule has 6 heteroatoms. The summed E-state index contributed by atoms with van der Waals surface area (Å²) in [5, 5.41) is 8.61. The molecule has 0 rings (SSSR count). The Bertz CT molecular complexity index is 227. The Hall–Kier alpha value is -1.10. The highest BCUT2D eigenvalue weighted by Gasteiger charge is 2.29. The summed E-state index contributed by atoms with van der Waals surface area (Å²) in [5.41, 5.74) is 0. The minimum absolute atomic E-state index is 0.311. The first-order valence-corrected chi connectivity index (χ1v) is 4.04. The van der Waals surface area contributed by atoms with E-state index in [1.807, 2.05) is 0 Å². The van der Waals surface area contributed by atoms with Crippen LogP contribution in [0.25, 0.3) is 0 Å². The van der Waals surface area contributed by atoms with Gasteiger partial charge in [-0.25, -0.2) is 4.79 Å². The highest BCUT2D eigenvalue weighted by molar-refractivity contribution is 6.20. The van der Waals surface area contributed by atoms with Gasteiger partial charge in [-0.2, -0.15) is 0 Å². The van der Waals surface area contributed by atoms with E-state index in [2.05, 4.69) is 0 Å². The molecule has 5 nitrogen and oxygen atoms in total. The van der Waals surface area contributed by atoms with E-state index in [1.54, 1.807) is 0 Å². The fourth-order valence-electron chi connectivity index (χ4n) is 0.906. The lowest BCUT2D eigenvalue weighted by atomic mass is 10.3. The summed E-state index contributed by atoms with van der Waals surface area (Å²) in [7, 11) is 0. The highest BCUT2D eigenvalue weighted by atomic mass is 35.5. The maximum absolute atomic E-state index is 10.9. The summed E-state index contributed by atoms with van der Waals surface area (Å²) in [6.45, 7) is 2.23. The number of hydrogen-bond acceptors (Lipinski definition) is 3. The van der Waals surface area contributed by atoms with Crippen molar-refractivity contribution in [3.8, 4) is 0 Å².